The first-order valence-electron chi connectivity index (χ1n) is 3.47. The lowest BCUT2D eigenvalue weighted by Gasteiger charge is -2.09. The fourth-order valence-corrected chi connectivity index (χ4v) is 1.38. The quantitative estimate of drug-likeness (QED) is 0.607. The first-order valence-corrected chi connectivity index (χ1v) is 4.85. The summed E-state index contributed by atoms with van der Waals surface area (Å²) in [5.41, 5.74) is -1.60. The normalized spacial score (nSPS) is 12.8. The SMILES string of the molecule is O=S(=O)(F)c1ccc(O)c(C(F)(F)F)c1. The van der Waals surface area contributed by atoms with Crippen LogP contribution < -0.4 is 0 Å². The number of phenolic OH excluding ortho intramolecular Hbond substituents is 1. The molecule has 15 heavy (non-hydrogen) atoms. The van der Waals surface area contributed by atoms with Crippen molar-refractivity contribution in [2.24, 2.45) is 0 Å². The highest BCUT2D eigenvalue weighted by Gasteiger charge is 2.35. The van der Waals surface area contributed by atoms with Gasteiger partial charge in [0.1, 0.15) is 5.75 Å². The van der Waals surface area contributed by atoms with Crippen LogP contribution in [-0.2, 0) is 16.4 Å². The van der Waals surface area contributed by atoms with Gasteiger partial charge < -0.3 is 5.11 Å². The third kappa shape index (κ3) is 2.58. The number of aromatic hydroxyl groups is 1. The van der Waals surface area contributed by atoms with Gasteiger partial charge in [0.15, 0.2) is 0 Å². The summed E-state index contributed by atoms with van der Waals surface area (Å²) in [7, 11) is -5.21. The van der Waals surface area contributed by atoms with Gasteiger partial charge in [-0.15, -0.1) is 3.89 Å². The molecule has 0 amide bonds. The molecule has 0 fully saturated rings. The van der Waals surface area contributed by atoms with Crippen LogP contribution in [0, 0.1) is 0 Å². The Labute approximate surface area is 82.2 Å². The van der Waals surface area contributed by atoms with Crippen molar-refractivity contribution >= 4 is 10.2 Å². The summed E-state index contributed by atoms with van der Waals surface area (Å²) in [6, 6.07) is 1.04. The topological polar surface area (TPSA) is 54.4 Å². The molecule has 3 nitrogen and oxygen atoms in total. The third-order valence-electron chi connectivity index (χ3n) is 1.55. The van der Waals surface area contributed by atoms with E-state index < -0.39 is 32.6 Å². The highest BCUT2D eigenvalue weighted by atomic mass is 32.3. The van der Waals surface area contributed by atoms with E-state index in [9.17, 15) is 25.5 Å². The van der Waals surface area contributed by atoms with E-state index in [4.69, 9.17) is 5.11 Å². The fourth-order valence-electron chi connectivity index (χ4n) is 0.894. The maximum atomic E-state index is 12.3. The summed E-state index contributed by atoms with van der Waals surface area (Å²) >= 11 is 0. The molecule has 0 spiro atoms. The van der Waals surface area contributed by atoms with Crippen LogP contribution >= 0.6 is 0 Å². The molecule has 84 valence electrons. The summed E-state index contributed by atoms with van der Waals surface area (Å²) in [6.45, 7) is 0. The Balaban J connectivity index is 3.43. The van der Waals surface area contributed by atoms with Crippen LogP contribution in [0.3, 0.4) is 0 Å². The number of benzene rings is 1. The molecule has 8 heteroatoms. The average molecular weight is 244 g/mol. The summed E-state index contributed by atoms with van der Waals surface area (Å²) in [6.07, 6.45) is -4.94. The molecule has 0 atom stereocenters. The van der Waals surface area contributed by atoms with Crippen LogP contribution in [0.15, 0.2) is 23.1 Å². The molecule has 0 bridgehead atoms. The van der Waals surface area contributed by atoms with Crippen molar-refractivity contribution in [3.63, 3.8) is 0 Å². The molecule has 0 unspecified atom stereocenters. The molecular formula is C7H4F4O3S. The molecule has 0 heterocycles. The Kier molecular flexibility index (Phi) is 2.64. The van der Waals surface area contributed by atoms with E-state index in [1.54, 1.807) is 0 Å². The predicted molar refractivity (Wildman–Crippen MR) is 41.4 cm³/mol. The fraction of sp³-hybridized carbons (Fsp3) is 0.143. The van der Waals surface area contributed by atoms with E-state index in [-0.39, 0.29) is 6.07 Å². The Morgan fingerprint density at radius 2 is 1.73 bits per heavy atom. The van der Waals surface area contributed by atoms with Crippen molar-refractivity contribution in [1.82, 2.24) is 0 Å². The number of halogens is 4. The number of alkyl halides is 3. The van der Waals surface area contributed by atoms with Gasteiger partial charge in [0.2, 0.25) is 0 Å². The van der Waals surface area contributed by atoms with E-state index in [1.807, 2.05) is 0 Å². The zero-order valence-corrected chi connectivity index (χ0v) is 7.73. The van der Waals surface area contributed by atoms with Gasteiger partial charge in [-0.3, -0.25) is 0 Å². The summed E-state index contributed by atoms with van der Waals surface area (Å²) in [5.74, 6) is -1.16. The standard InChI is InChI=1S/C7H4F4O3S/c8-7(9,10)5-3-4(15(11,13)14)1-2-6(5)12/h1-3,12H. The van der Waals surface area contributed by atoms with Crippen LogP contribution in [0.2, 0.25) is 0 Å². The maximum absolute atomic E-state index is 12.3. The highest BCUT2D eigenvalue weighted by Crippen LogP contribution is 2.36. The summed E-state index contributed by atoms with van der Waals surface area (Å²) in [4.78, 5) is -1.15. The monoisotopic (exact) mass is 244 g/mol. The van der Waals surface area contributed by atoms with Gasteiger partial charge in [0.05, 0.1) is 10.5 Å². The van der Waals surface area contributed by atoms with E-state index >= 15 is 0 Å². The lowest BCUT2D eigenvalue weighted by Crippen LogP contribution is -2.06. The van der Waals surface area contributed by atoms with Gasteiger partial charge in [-0.1, -0.05) is 0 Å². The lowest BCUT2D eigenvalue weighted by molar-refractivity contribution is -0.138. The van der Waals surface area contributed by atoms with Crippen LogP contribution in [0.25, 0.3) is 0 Å². The van der Waals surface area contributed by atoms with Crippen molar-refractivity contribution < 1.29 is 30.6 Å². The Morgan fingerprint density at radius 1 is 1.20 bits per heavy atom. The predicted octanol–water partition coefficient (Wildman–Crippen LogP) is 2.07. The largest absolute Gasteiger partial charge is 0.507 e. The van der Waals surface area contributed by atoms with E-state index in [0.717, 1.165) is 0 Å². The number of hydrogen-bond donors (Lipinski definition) is 1. The van der Waals surface area contributed by atoms with Crippen molar-refractivity contribution in [2.45, 2.75) is 11.1 Å². The minimum atomic E-state index is -5.21. The van der Waals surface area contributed by atoms with Crippen molar-refractivity contribution in [3.8, 4) is 5.75 Å². The van der Waals surface area contributed by atoms with E-state index in [1.165, 1.54) is 0 Å². The zero-order valence-electron chi connectivity index (χ0n) is 6.92. The second-order valence-electron chi connectivity index (χ2n) is 2.61. The van der Waals surface area contributed by atoms with Crippen LogP contribution in [0.1, 0.15) is 5.56 Å². The average Bonchev–Trinajstić information content (AvgIpc) is 2.00. The molecule has 1 aromatic rings. The molecule has 1 N–H and O–H groups in total. The van der Waals surface area contributed by atoms with E-state index in [0.29, 0.717) is 12.1 Å². The maximum Gasteiger partial charge on any atom is 0.419 e. The van der Waals surface area contributed by atoms with Crippen molar-refractivity contribution in [2.75, 3.05) is 0 Å². The summed E-state index contributed by atoms with van der Waals surface area (Å²) < 4.78 is 69.4. The van der Waals surface area contributed by atoms with Crippen molar-refractivity contribution in [3.05, 3.63) is 23.8 Å². The summed E-state index contributed by atoms with van der Waals surface area (Å²) in [5, 5.41) is 8.80. The van der Waals surface area contributed by atoms with Gasteiger partial charge in [0, 0.05) is 0 Å². The minimum Gasteiger partial charge on any atom is -0.507 e. The number of phenols is 1. The van der Waals surface area contributed by atoms with Crippen LogP contribution in [0.4, 0.5) is 17.1 Å². The van der Waals surface area contributed by atoms with Gasteiger partial charge in [-0.2, -0.15) is 21.6 Å². The van der Waals surface area contributed by atoms with Gasteiger partial charge in [-0.25, -0.2) is 0 Å². The smallest absolute Gasteiger partial charge is 0.419 e. The van der Waals surface area contributed by atoms with Crippen LogP contribution in [-0.4, -0.2) is 13.5 Å². The Morgan fingerprint density at radius 3 is 2.13 bits per heavy atom. The Bertz CT molecular complexity index is 477. The molecule has 0 radical (unpaired) electrons. The minimum absolute atomic E-state index is 0.0324. The van der Waals surface area contributed by atoms with E-state index in [2.05, 4.69) is 0 Å². The van der Waals surface area contributed by atoms with Crippen LogP contribution in [0.5, 0.6) is 5.75 Å². The first kappa shape index (κ1) is 11.8. The molecule has 1 rings (SSSR count). The second-order valence-corrected chi connectivity index (χ2v) is 3.96. The Hall–Kier alpha value is -1.31. The number of hydrogen-bond acceptors (Lipinski definition) is 3. The molecular weight excluding hydrogens is 240 g/mol. The molecule has 0 saturated carbocycles. The molecule has 0 aromatic heterocycles. The van der Waals surface area contributed by atoms with Gasteiger partial charge >= 0.3 is 16.4 Å². The lowest BCUT2D eigenvalue weighted by atomic mass is 10.2. The first-order chi connectivity index (χ1) is 6.62. The number of rotatable bonds is 1. The molecule has 0 saturated heterocycles. The third-order valence-corrected chi connectivity index (χ3v) is 2.37. The molecule has 0 aliphatic heterocycles. The van der Waals surface area contributed by atoms with Gasteiger partial charge in [0.25, 0.3) is 0 Å². The zero-order chi connectivity index (χ0) is 11.9. The molecule has 0 aliphatic rings. The second kappa shape index (κ2) is 3.37. The highest BCUT2D eigenvalue weighted by molar-refractivity contribution is 7.86. The molecule has 1 aromatic carbocycles. The van der Waals surface area contributed by atoms with Gasteiger partial charge in [-0.05, 0) is 18.2 Å². The van der Waals surface area contributed by atoms with Crippen molar-refractivity contribution in [1.29, 1.82) is 0 Å². The molecule has 0 aliphatic carbocycles.